The second kappa shape index (κ2) is 11.6. The number of methoxy groups -OCH3 is 1. The maximum Gasteiger partial charge on any atom is 0.226 e. The Morgan fingerprint density at radius 2 is 1.66 bits per heavy atom. The summed E-state index contributed by atoms with van der Waals surface area (Å²) in [6.07, 6.45) is 0. The molecule has 0 saturated heterocycles. The molecule has 0 N–H and O–H groups in total. The van der Waals surface area contributed by atoms with Gasteiger partial charge in [0.2, 0.25) is 5.91 Å². The van der Waals surface area contributed by atoms with Crippen LogP contribution in [-0.2, 0) is 21.2 Å². The predicted octanol–water partition coefficient (Wildman–Crippen LogP) is 6.63. The third-order valence-corrected chi connectivity index (χ3v) is 8.40. The summed E-state index contributed by atoms with van der Waals surface area (Å²) < 4.78 is 37.5. The zero-order chi connectivity index (χ0) is 25.8. The normalized spacial score (nSPS) is 12.2. The number of nitrogens with zero attached hydrogens (tertiary/aromatic N) is 1. The lowest BCUT2D eigenvalue weighted by atomic mass is 10.1. The molecule has 0 fully saturated rings. The van der Waals surface area contributed by atoms with Gasteiger partial charge in [0, 0.05) is 35.6 Å². The topological polar surface area (TPSA) is 72.9 Å². The highest BCUT2D eigenvalue weighted by molar-refractivity contribution is 9.10. The highest BCUT2D eigenvalue weighted by atomic mass is 79.9. The summed E-state index contributed by atoms with van der Waals surface area (Å²) in [5.74, 6) is 0.214. The van der Waals surface area contributed by atoms with Crippen molar-refractivity contribution in [2.75, 3.05) is 19.9 Å². The standard InChI is InChI=1S/C25H24BrCl2NO5S/c1-16(15-35(31,32)21-9-6-19(33-3)7-10-21)25(30)29(2)14-17-4-5-18(26)12-24(17)34-20-8-11-22(27)23(28)13-20/h4-13,16H,14-15H2,1-3H3. The van der Waals surface area contributed by atoms with Gasteiger partial charge in [0.15, 0.2) is 9.84 Å². The first-order chi connectivity index (χ1) is 16.5. The number of carbonyl (C=O) groups excluding carboxylic acids is 1. The lowest BCUT2D eigenvalue weighted by Crippen LogP contribution is -2.34. The van der Waals surface area contributed by atoms with E-state index < -0.39 is 15.8 Å². The lowest BCUT2D eigenvalue weighted by Gasteiger charge is -2.23. The molecule has 3 aromatic carbocycles. The van der Waals surface area contributed by atoms with Gasteiger partial charge in [-0.1, -0.05) is 52.1 Å². The average Bonchev–Trinajstić information content (AvgIpc) is 2.82. The van der Waals surface area contributed by atoms with Crippen LogP contribution in [0.1, 0.15) is 12.5 Å². The molecule has 0 aliphatic carbocycles. The molecule has 3 aromatic rings. The van der Waals surface area contributed by atoms with Gasteiger partial charge >= 0.3 is 0 Å². The first-order valence-corrected chi connectivity index (χ1v) is 13.7. The Hall–Kier alpha value is -2.26. The van der Waals surface area contributed by atoms with Crippen LogP contribution in [0.4, 0.5) is 0 Å². The predicted molar refractivity (Wildman–Crippen MR) is 141 cm³/mol. The van der Waals surface area contributed by atoms with Crippen LogP contribution in [0.3, 0.4) is 0 Å². The van der Waals surface area contributed by atoms with Crippen molar-refractivity contribution < 1.29 is 22.7 Å². The van der Waals surface area contributed by atoms with E-state index in [1.165, 1.54) is 24.1 Å². The lowest BCUT2D eigenvalue weighted by molar-refractivity contribution is -0.133. The Bertz CT molecular complexity index is 1320. The van der Waals surface area contributed by atoms with Gasteiger partial charge in [0.05, 0.1) is 27.8 Å². The number of hydrogen-bond acceptors (Lipinski definition) is 5. The van der Waals surface area contributed by atoms with Gasteiger partial charge in [-0.05, 0) is 48.5 Å². The molecule has 10 heteroatoms. The number of sulfone groups is 1. The van der Waals surface area contributed by atoms with Crippen LogP contribution in [0.15, 0.2) is 70.0 Å². The first kappa shape index (κ1) is 27.3. The second-order valence-corrected chi connectivity index (χ2v) is 11.7. The summed E-state index contributed by atoms with van der Waals surface area (Å²) in [5, 5.41) is 0.775. The van der Waals surface area contributed by atoms with E-state index in [0.717, 1.165) is 10.0 Å². The molecule has 0 bridgehead atoms. The third-order valence-electron chi connectivity index (χ3n) is 5.24. The van der Waals surface area contributed by atoms with Gasteiger partial charge in [0.25, 0.3) is 0 Å². The van der Waals surface area contributed by atoms with Crippen molar-refractivity contribution >= 4 is 54.9 Å². The molecule has 35 heavy (non-hydrogen) atoms. The number of rotatable bonds is 9. The van der Waals surface area contributed by atoms with E-state index in [2.05, 4.69) is 15.9 Å². The van der Waals surface area contributed by atoms with Crippen LogP contribution in [0, 0.1) is 5.92 Å². The van der Waals surface area contributed by atoms with E-state index in [4.69, 9.17) is 32.7 Å². The summed E-state index contributed by atoms with van der Waals surface area (Å²) in [7, 11) is -0.520. The molecule has 1 amide bonds. The molecule has 0 radical (unpaired) electrons. The molecule has 0 aromatic heterocycles. The Balaban J connectivity index is 1.73. The largest absolute Gasteiger partial charge is 0.497 e. The molecule has 186 valence electrons. The zero-order valence-corrected chi connectivity index (χ0v) is 23.2. The van der Waals surface area contributed by atoms with Crippen molar-refractivity contribution in [2.24, 2.45) is 5.92 Å². The Labute approximate surface area is 223 Å². The van der Waals surface area contributed by atoms with Crippen LogP contribution in [0.2, 0.25) is 10.0 Å². The zero-order valence-electron chi connectivity index (χ0n) is 19.3. The van der Waals surface area contributed by atoms with Crippen LogP contribution in [-0.4, -0.2) is 39.1 Å². The number of halogens is 3. The van der Waals surface area contributed by atoms with Crippen LogP contribution in [0.25, 0.3) is 0 Å². The van der Waals surface area contributed by atoms with Gasteiger partial charge in [0.1, 0.15) is 17.2 Å². The quantitative estimate of drug-likeness (QED) is 0.276. The van der Waals surface area contributed by atoms with Gasteiger partial charge in [-0.2, -0.15) is 0 Å². The number of ether oxygens (including phenoxy) is 2. The fraction of sp³-hybridized carbons (Fsp3) is 0.240. The molecule has 6 nitrogen and oxygen atoms in total. The van der Waals surface area contributed by atoms with Crippen LogP contribution >= 0.6 is 39.1 Å². The fourth-order valence-electron chi connectivity index (χ4n) is 3.41. The third kappa shape index (κ3) is 7.13. The van der Waals surface area contributed by atoms with E-state index in [0.29, 0.717) is 27.3 Å². The monoisotopic (exact) mass is 599 g/mol. The fourth-order valence-corrected chi connectivity index (χ4v) is 5.58. The van der Waals surface area contributed by atoms with Gasteiger partial charge in [-0.15, -0.1) is 0 Å². The molecule has 0 aliphatic heterocycles. The van der Waals surface area contributed by atoms with Crippen molar-refractivity contribution in [1.82, 2.24) is 4.90 Å². The summed E-state index contributed by atoms with van der Waals surface area (Å²) in [5.41, 5.74) is 0.736. The Morgan fingerprint density at radius 3 is 2.29 bits per heavy atom. The van der Waals surface area contributed by atoms with Gasteiger partial charge in [-0.3, -0.25) is 4.79 Å². The molecular weight excluding hydrogens is 577 g/mol. The van der Waals surface area contributed by atoms with Crippen molar-refractivity contribution in [1.29, 1.82) is 0 Å². The summed E-state index contributed by atoms with van der Waals surface area (Å²) in [6, 6.07) is 16.5. The van der Waals surface area contributed by atoms with Crippen LogP contribution in [0.5, 0.6) is 17.2 Å². The van der Waals surface area contributed by atoms with Crippen LogP contribution < -0.4 is 9.47 Å². The molecule has 1 atom stereocenters. The second-order valence-electron chi connectivity index (χ2n) is 7.98. The molecule has 0 spiro atoms. The van der Waals surface area contributed by atoms with E-state index in [9.17, 15) is 13.2 Å². The summed E-state index contributed by atoms with van der Waals surface area (Å²) in [4.78, 5) is 14.7. The van der Waals surface area contributed by atoms with E-state index in [-0.39, 0.29) is 23.1 Å². The SMILES string of the molecule is COc1ccc(S(=O)(=O)CC(C)C(=O)N(C)Cc2ccc(Br)cc2Oc2ccc(Cl)c(Cl)c2)cc1. The average molecular weight is 601 g/mol. The van der Waals surface area contributed by atoms with Gasteiger partial charge < -0.3 is 14.4 Å². The van der Waals surface area contributed by atoms with Crippen molar-refractivity contribution in [3.63, 3.8) is 0 Å². The maximum absolute atomic E-state index is 13.0. The molecular formula is C25H24BrCl2NO5S. The number of amides is 1. The molecule has 0 saturated carbocycles. The Kier molecular flexibility index (Phi) is 9.10. The molecule has 0 aliphatic rings. The van der Waals surface area contributed by atoms with Crippen molar-refractivity contribution in [3.05, 3.63) is 80.7 Å². The van der Waals surface area contributed by atoms with E-state index in [1.807, 2.05) is 12.1 Å². The molecule has 1 unspecified atom stereocenters. The van der Waals surface area contributed by atoms with E-state index >= 15 is 0 Å². The first-order valence-electron chi connectivity index (χ1n) is 10.5. The minimum atomic E-state index is -3.66. The summed E-state index contributed by atoms with van der Waals surface area (Å²) >= 11 is 15.5. The molecule has 3 rings (SSSR count). The number of carbonyl (C=O) groups is 1. The number of hydrogen-bond donors (Lipinski definition) is 0. The van der Waals surface area contributed by atoms with Crippen molar-refractivity contribution in [2.45, 2.75) is 18.4 Å². The van der Waals surface area contributed by atoms with Gasteiger partial charge in [-0.25, -0.2) is 8.42 Å². The smallest absolute Gasteiger partial charge is 0.226 e. The Morgan fingerprint density at radius 1 is 1.00 bits per heavy atom. The van der Waals surface area contributed by atoms with Crippen molar-refractivity contribution in [3.8, 4) is 17.2 Å². The minimum Gasteiger partial charge on any atom is -0.497 e. The van der Waals surface area contributed by atoms with E-state index in [1.54, 1.807) is 50.4 Å². The maximum atomic E-state index is 13.0. The number of benzene rings is 3. The summed E-state index contributed by atoms with van der Waals surface area (Å²) in [6.45, 7) is 1.82. The molecule has 0 heterocycles. The highest BCUT2D eigenvalue weighted by Crippen LogP contribution is 2.33. The highest BCUT2D eigenvalue weighted by Gasteiger charge is 2.26. The minimum absolute atomic E-state index is 0.144.